The second-order valence-electron chi connectivity index (χ2n) is 5.74. The first kappa shape index (κ1) is 12.5. The highest BCUT2D eigenvalue weighted by Gasteiger charge is 2.31. The summed E-state index contributed by atoms with van der Waals surface area (Å²) in [6, 6.07) is 11.1. The molecule has 2 aromatic rings. The van der Waals surface area contributed by atoms with E-state index in [1.807, 2.05) is 6.20 Å². The van der Waals surface area contributed by atoms with Gasteiger partial charge in [-0.05, 0) is 36.1 Å². The quantitative estimate of drug-likeness (QED) is 0.874. The molecule has 3 atom stereocenters. The fraction of sp³-hybridized carbons (Fsp3) is 0.471. The van der Waals surface area contributed by atoms with Crippen LogP contribution in [0.2, 0.25) is 0 Å². The first-order valence-corrected chi connectivity index (χ1v) is 7.40. The Bertz CT molecular complexity index is 559. The van der Waals surface area contributed by atoms with Crippen LogP contribution in [0.15, 0.2) is 36.5 Å². The Labute approximate surface area is 115 Å². The average molecular weight is 254 g/mol. The summed E-state index contributed by atoms with van der Waals surface area (Å²) in [5.74, 6) is 2.66. The van der Waals surface area contributed by atoms with Crippen molar-refractivity contribution in [3.8, 4) is 0 Å². The van der Waals surface area contributed by atoms with Crippen LogP contribution < -0.4 is 5.32 Å². The monoisotopic (exact) mass is 254 g/mol. The molecule has 0 saturated heterocycles. The number of pyridine rings is 1. The lowest BCUT2D eigenvalue weighted by molar-refractivity contribution is 0.391. The van der Waals surface area contributed by atoms with Crippen LogP contribution in [0.3, 0.4) is 0 Å². The van der Waals surface area contributed by atoms with Gasteiger partial charge in [0, 0.05) is 17.6 Å². The van der Waals surface area contributed by atoms with Gasteiger partial charge in [0.2, 0.25) is 0 Å². The SMILES string of the molecule is CCC1CCC(Nc2nccc3ccccc23)C1C. The molecule has 3 rings (SSSR count). The number of aromatic nitrogens is 1. The zero-order valence-corrected chi connectivity index (χ0v) is 11.8. The van der Waals surface area contributed by atoms with Gasteiger partial charge in [-0.1, -0.05) is 44.5 Å². The van der Waals surface area contributed by atoms with Gasteiger partial charge in [0.05, 0.1) is 0 Å². The summed E-state index contributed by atoms with van der Waals surface area (Å²) < 4.78 is 0. The molecule has 1 aromatic carbocycles. The summed E-state index contributed by atoms with van der Waals surface area (Å²) in [6.07, 6.45) is 5.81. The normalized spacial score (nSPS) is 26.7. The minimum Gasteiger partial charge on any atom is -0.367 e. The van der Waals surface area contributed by atoms with Gasteiger partial charge in [-0.25, -0.2) is 4.98 Å². The molecule has 0 radical (unpaired) electrons. The van der Waals surface area contributed by atoms with Crippen molar-refractivity contribution in [2.75, 3.05) is 5.32 Å². The molecule has 0 spiro atoms. The van der Waals surface area contributed by atoms with E-state index in [-0.39, 0.29) is 0 Å². The highest BCUT2D eigenvalue weighted by atomic mass is 15.0. The molecule has 3 unspecified atom stereocenters. The van der Waals surface area contributed by atoms with Gasteiger partial charge in [0.1, 0.15) is 5.82 Å². The number of fused-ring (bicyclic) bond motifs is 1. The van der Waals surface area contributed by atoms with E-state index in [1.54, 1.807) is 0 Å². The highest BCUT2D eigenvalue weighted by molar-refractivity contribution is 5.91. The molecule has 0 aliphatic heterocycles. The van der Waals surface area contributed by atoms with Gasteiger partial charge in [-0.15, -0.1) is 0 Å². The maximum absolute atomic E-state index is 4.54. The highest BCUT2D eigenvalue weighted by Crippen LogP contribution is 2.36. The first-order valence-electron chi connectivity index (χ1n) is 7.40. The summed E-state index contributed by atoms with van der Waals surface area (Å²) in [6.45, 7) is 4.68. The Morgan fingerprint density at radius 3 is 2.84 bits per heavy atom. The Hall–Kier alpha value is -1.57. The van der Waals surface area contributed by atoms with Crippen LogP contribution >= 0.6 is 0 Å². The van der Waals surface area contributed by atoms with Gasteiger partial charge < -0.3 is 5.32 Å². The second-order valence-corrected chi connectivity index (χ2v) is 5.74. The maximum atomic E-state index is 4.54. The van der Waals surface area contributed by atoms with Gasteiger partial charge in [0.15, 0.2) is 0 Å². The molecule has 1 aromatic heterocycles. The van der Waals surface area contributed by atoms with Crippen molar-refractivity contribution in [1.82, 2.24) is 4.98 Å². The number of hydrogen-bond acceptors (Lipinski definition) is 2. The number of anilines is 1. The lowest BCUT2D eigenvalue weighted by Gasteiger charge is -2.22. The minimum atomic E-state index is 0.572. The molecule has 1 aliphatic rings. The topological polar surface area (TPSA) is 24.9 Å². The Kier molecular flexibility index (Phi) is 3.41. The molecule has 2 heteroatoms. The second kappa shape index (κ2) is 5.20. The van der Waals surface area contributed by atoms with E-state index >= 15 is 0 Å². The smallest absolute Gasteiger partial charge is 0.134 e. The third-order valence-electron chi connectivity index (χ3n) is 4.75. The predicted molar refractivity (Wildman–Crippen MR) is 81.3 cm³/mol. The molecular formula is C17H22N2. The third-order valence-corrected chi connectivity index (χ3v) is 4.75. The summed E-state index contributed by atoms with van der Waals surface area (Å²) in [5, 5.41) is 6.18. The van der Waals surface area contributed by atoms with E-state index in [0.29, 0.717) is 6.04 Å². The van der Waals surface area contributed by atoms with Crippen molar-refractivity contribution < 1.29 is 0 Å². The van der Waals surface area contributed by atoms with Crippen molar-refractivity contribution in [2.45, 2.75) is 39.2 Å². The molecule has 1 fully saturated rings. The van der Waals surface area contributed by atoms with Crippen molar-refractivity contribution in [3.05, 3.63) is 36.5 Å². The Morgan fingerprint density at radius 1 is 1.21 bits per heavy atom. The van der Waals surface area contributed by atoms with E-state index in [4.69, 9.17) is 0 Å². The van der Waals surface area contributed by atoms with E-state index in [2.05, 4.69) is 54.5 Å². The van der Waals surface area contributed by atoms with E-state index < -0.39 is 0 Å². The molecule has 1 N–H and O–H groups in total. The first-order chi connectivity index (χ1) is 9.29. The number of nitrogens with one attached hydrogen (secondary N) is 1. The molecule has 0 amide bonds. The van der Waals surface area contributed by atoms with Crippen LogP contribution in [-0.4, -0.2) is 11.0 Å². The molecule has 0 bridgehead atoms. The van der Waals surface area contributed by atoms with Crippen molar-refractivity contribution >= 4 is 16.6 Å². The zero-order valence-electron chi connectivity index (χ0n) is 11.8. The van der Waals surface area contributed by atoms with Gasteiger partial charge in [-0.3, -0.25) is 0 Å². The molecule has 1 aliphatic carbocycles. The van der Waals surface area contributed by atoms with Crippen LogP contribution in [0.5, 0.6) is 0 Å². The number of rotatable bonds is 3. The predicted octanol–water partition coefficient (Wildman–Crippen LogP) is 4.47. The zero-order chi connectivity index (χ0) is 13.2. The van der Waals surface area contributed by atoms with Crippen LogP contribution in [0.4, 0.5) is 5.82 Å². The van der Waals surface area contributed by atoms with Gasteiger partial charge in [-0.2, -0.15) is 0 Å². The standard InChI is InChI=1S/C17H22N2/c1-3-13-8-9-16(12(13)2)19-17-15-7-5-4-6-14(15)10-11-18-17/h4-7,10-13,16H,3,8-9H2,1-2H3,(H,18,19). The Morgan fingerprint density at radius 2 is 2.05 bits per heavy atom. The lowest BCUT2D eigenvalue weighted by Crippen LogP contribution is -2.25. The summed E-state index contributed by atoms with van der Waals surface area (Å²) in [4.78, 5) is 4.54. The molecule has 100 valence electrons. The fourth-order valence-corrected chi connectivity index (χ4v) is 3.44. The van der Waals surface area contributed by atoms with Crippen LogP contribution in [0.1, 0.15) is 33.1 Å². The number of hydrogen-bond donors (Lipinski definition) is 1. The van der Waals surface area contributed by atoms with Crippen LogP contribution in [0, 0.1) is 11.8 Å². The van der Waals surface area contributed by atoms with Crippen LogP contribution in [-0.2, 0) is 0 Å². The fourth-order valence-electron chi connectivity index (χ4n) is 3.44. The van der Waals surface area contributed by atoms with E-state index in [9.17, 15) is 0 Å². The van der Waals surface area contributed by atoms with Crippen molar-refractivity contribution in [1.29, 1.82) is 0 Å². The van der Waals surface area contributed by atoms with Crippen LogP contribution in [0.25, 0.3) is 10.8 Å². The third kappa shape index (κ3) is 2.32. The number of benzene rings is 1. The summed E-state index contributed by atoms with van der Waals surface area (Å²) in [7, 11) is 0. The van der Waals surface area contributed by atoms with Crippen molar-refractivity contribution in [3.63, 3.8) is 0 Å². The van der Waals surface area contributed by atoms with Gasteiger partial charge in [0.25, 0.3) is 0 Å². The maximum Gasteiger partial charge on any atom is 0.134 e. The Balaban J connectivity index is 1.86. The average Bonchev–Trinajstić information content (AvgIpc) is 2.80. The van der Waals surface area contributed by atoms with Gasteiger partial charge >= 0.3 is 0 Å². The molecule has 19 heavy (non-hydrogen) atoms. The summed E-state index contributed by atoms with van der Waals surface area (Å²) in [5.41, 5.74) is 0. The minimum absolute atomic E-state index is 0.572. The number of nitrogens with zero attached hydrogens (tertiary/aromatic N) is 1. The van der Waals surface area contributed by atoms with E-state index in [0.717, 1.165) is 17.7 Å². The lowest BCUT2D eigenvalue weighted by atomic mass is 9.93. The van der Waals surface area contributed by atoms with Crippen molar-refractivity contribution in [2.24, 2.45) is 11.8 Å². The largest absolute Gasteiger partial charge is 0.367 e. The molecular weight excluding hydrogens is 232 g/mol. The van der Waals surface area contributed by atoms with E-state index in [1.165, 1.54) is 30.0 Å². The molecule has 1 heterocycles. The molecule has 1 saturated carbocycles. The summed E-state index contributed by atoms with van der Waals surface area (Å²) >= 11 is 0. The molecule has 2 nitrogen and oxygen atoms in total.